The molecule has 0 amide bonds. The molecule has 0 aliphatic carbocycles. The maximum Gasteiger partial charge on any atom is 0.293 e. The maximum atomic E-state index is 11.6. The summed E-state index contributed by atoms with van der Waals surface area (Å²) in [6.07, 6.45) is 4.78. The van der Waals surface area contributed by atoms with Crippen LogP contribution < -0.4 is 10.9 Å². The van der Waals surface area contributed by atoms with Crippen LogP contribution in [0.25, 0.3) is 0 Å². The van der Waals surface area contributed by atoms with E-state index in [0.29, 0.717) is 11.6 Å². The molecule has 1 aromatic heterocycles. The van der Waals surface area contributed by atoms with Gasteiger partial charge in [0.05, 0.1) is 0 Å². The van der Waals surface area contributed by atoms with Gasteiger partial charge in [0.2, 0.25) is 0 Å². The highest BCUT2D eigenvalue weighted by Crippen LogP contribution is 1.97. The molecule has 0 radical (unpaired) electrons. The van der Waals surface area contributed by atoms with E-state index in [1.54, 1.807) is 25.7 Å². The number of hydrogen-bond acceptors (Lipinski definition) is 4. The van der Waals surface area contributed by atoms with Gasteiger partial charge in [-0.25, -0.2) is 4.98 Å². The molecule has 84 valence electrons. The molecule has 5 nitrogen and oxygen atoms in total. The number of hydrogen-bond donors (Lipinski definition) is 1. The fraction of sp³-hybridized carbons (Fsp3) is 0.556. The maximum absolute atomic E-state index is 11.6. The molecule has 1 N–H and O–H groups in total. The third-order valence-electron chi connectivity index (χ3n) is 1.88. The summed E-state index contributed by atoms with van der Waals surface area (Å²) in [5.41, 5.74) is -0.175. The third-order valence-corrected chi connectivity index (χ3v) is 2.85. The van der Waals surface area contributed by atoms with Crippen molar-refractivity contribution in [1.29, 1.82) is 0 Å². The molecule has 6 heteroatoms. The zero-order valence-corrected chi connectivity index (χ0v) is 9.87. The van der Waals surface area contributed by atoms with Gasteiger partial charge in [0.15, 0.2) is 5.82 Å². The summed E-state index contributed by atoms with van der Waals surface area (Å²) in [4.78, 5) is 15.5. The van der Waals surface area contributed by atoms with Crippen molar-refractivity contribution >= 4 is 16.6 Å². The summed E-state index contributed by atoms with van der Waals surface area (Å²) in [6, 6.07) is -0.0292. The highest BCUT2D eigenvalue weighted by molar-refractivity contribution is 7.84. The van der Waals surface area contributed by atoms with Crippen LogP contribution in [0.5, 0.6) is 0 Å². The number of aromatic nitrogens is 2. The second-order valence-corrected chi connectivity index (χ2v) is 4.96. The van der Waals surface area contributed by atoms with Gasteiger partial charge in [-0.15, -0.1) is 0 Å². The normalized spacial score (nSPS) is 14.6. The van der Waals surface area contributed by atoms with Gasteiger partial charge < -0.3 is 9.88 Å². The molecule has 1 aromatic rings. The zero-order valence-electron chi connectivity index (χ0n) is 9.06. The molecule has 0 fully saturated rings. The van der Waals surface area contributed by atoms with Crippen LogP contribution >= 0.6 is 0 Å². The second kappa shape index (κ2) is 5.06. The summed E-state index contributed by atoms with van der Waals surface area (Å²) in [7, 11) is 0.784. The van der Waals surface area contributed by atoms with Crippen LogP contribution in [0.1, 0.15) is 6.92 Å². The topological polar surface area (TPSA) is 64.0 Å². The van der Waals surface area contributed by atoms with Crippen molar-refractivity contribution in [3.8, 4) is 0 Å². The summed E-state index contributed by atoms with van der Waals surface area (Å²) >= 11 is 0. The molecular formula is C9H15N3O2S. The van der Waals surface area contributed by atoms with Gasteiger partial charge in [0, 0.05) is 48.3 Å². The van der Waals surface area contributed by atoms with E-state index < -0.39 is 10.8 Å². The Balaban J connectivity index is 2.77. The first kappa shape index (κ1) is 11.9. The molecule has 0 spiro atoms. The molecule has 2 unspecified atom stereocenters. The lowest BCUT2D eigenvalue weighted by Crippen LogP contribution is -2.29. The van der Waals surface area contributed by atoms with Crippen LogP contribution in [0.2, 0.25) is 0 Å². The molecule has 0 saturated carbocycles. The predicted octanol–water partition coefficient (Wildman–Crippen LogP) is -0.0408. The quantitative estimate of drug-likeness (QED) is 0.787. The smallest absolute Gasteiger partial charge is 0.293 e. The Hall–Kier alpha value is -1.17. The standard InChI is InChI=1S/C9H15N3O2S/c1-7(6-15(3)14)11-8-9(13)12(2)5-4-10-8/h4-5,7H,6H2,1-3H3,(H,10,11). The lowest BCUT2D eigenvalue weighted by Gasteiger charge is -2.12. The minimum atomic E-state index is -0.880. The summed E-state index contributed by atoms with van der Waals surface area (Å²) in [5, 5.41) is 2.94. The fourth-order valence-corrected chi connectivity index (χ4v) is 2.01. The van der Waals surface area contributed by atoms with Crippen molar-refractivity contribution in [1.82, 2.24) is 9.55 Å². The van der Waals surface area contributed by atoms with E-state index in [0.717, 1.165) is 0 Å². The summed E-state index contributed by atoms with van der Waals surface area (Å²) in [6.45, 7) is 1.87. The SMILES string of the molecule is CC(CS(C)=O)Nc1nccn(C)c1=O. The van der Waals surface area contributed by atoms with Crippen LogP contribution in [-0.4, -0.2) is 31.8 Å². The first-order valence-electron chi connectivity index (χ1n) is 4.59. The Kier molecular flexibility index (Phi) is 4.02. The van der Waals surface area contributed by atoms with E-state index in [9.17, 15) is 9.00 Å². The largest absolute Gasteiger partial charge is 0.362 e. The third kappa shape index (κ3) is 3.47. The Morgan fingerprint density at radius 2 is 2.33 bits per heavy atom. The molecule has 15 heavy (non-hydrogen) atoms. The van der Waals surface area contributed by atoms with E-state index in [2.05, 4.69) is 10.3 Å². The first-order valence-corrected chi connectivity index (χ1v) is 6.31. The van der Waals surface area contributed by atoms with Crippen LogP contribution in [0.3, 0.4) is 0 Å². The highest BCUT2D eigenvalue weighted by atomic mass is 32.2. The van der Waals surface area contributed by atoms with Gasteiger partial charge in [-0.2, -0.15) is 0 Å². The average molecular weight is 229 g/mol. The number of rotatable bonds is 4. The Labute approximate surface area is 91.0 Å². The van der Waals surface area contributed by atoms with Crippen molar-refractivity contribution in [3.05, 3.63) is 22.7 Å². The number of nitrogens with one attached hydrogen (secondary N) is 1. The van der Waals surface area contributed by atoms with Crippen LogP contribution in [-0.2, 0) is 17.8 Å². The van der Waals surface area contributed by atoms with Crippen molar-refractivity contribution in [2.75, 3.05) is 17.3 Å². The van der Waals surface area contributed by atoms with Gasteiger partial charge in [-0.1, -0.05) is 0 Å². The van der Waals surface area contributed by atoms with Crippen molar-refractivity contribution < 1.29 is 4.21 Å². The molecule has 0 aliphatic heterocycles. The fourth-order valence-electron chi connectivity index (χ4n) is 1.22. The van der Waals surface area contributed by atoms with Crippen molar-refractivity contribution in [2.45, 2.75) is 13.0 Å². The second-order valence-electron chi connectivity index (χ2n) is 3.48. The highest BCUT2D eigenvalue weighted by Gasteiger charge is 2.08. The number of aryl methyl sites for hydroxylation is 1. The van der Waals surface area contributed by atoms with Gasteiger partial charge in [0.25, 0.3) is 5.56 Å². The number of nitrogens with zero attached hydrogens (tertiary/aromatic N) is 2. The van der Waals surface area contributed by atoms with E-state index in [1.165, 1.54) is 4.57 Å². The zero-order chi connectivity index (χ0) is 11.4. The molecule has 0 saturated heterocycles. The predicted molar refractivity (Wildman–Crippen MR) is 61.5 cm³/mol. The van der Waals surface area contributed by atoms with E-state index in [1.807, 2.05) is 6.92 Å². The molecular weight excluding hydrogens is 214 g/mol. The summed E-state index contributed by atoms with van der Waals surface area (Å²) < 4.78 is 12.4. The van der Waals surface area contributed by atoms with Crippen LogP contribution in [0.15, 0.2) is 17.2 Å². The lowest BCUT2D eigenvalue weighted by atomic mass is 10.4. The van der Waals surface area contributed by atoms with Gasteiger partial charge in [-0.05, 0) is 6.92 Å². The molecule has 2 atom stereocenters. The van der Waals surface area contributed by atoms with Crippen LogP contribution in [0, 0.1) is 0 Å². The number of anilines is 1. The van der Waals surface area contributed by atoms with Crippen molar-refractivity contribution in [2.24, 2.45) is 7.05 Å². The minimum absolute atomic E-state index is 0.0292. The molecule has 0 aromatic carbocycles. The van der Waals surface area contributed by atoms with Crippen molar-refractivity contribution in [3.63, 3.8) is 0 Å². The monoisotopic (exact) mass is 229 g/mol. The van der Waals surface area contributed by atoms with Gasteiger partial charge in [-0.3, -0.25) is 9.00 Å². The van der Waals surface area contributed by atoms with E-state index in [4.69, 9.17) is 0 Å². The van der Waals surface area contributed by atoms with Gasteiger partial charge in [0.1, 0.15) is 0 Å². The van der Waals surface area contributed by atoms with E-state index >= 15 is 0 Å². The Bertz CT molecular complexity index is 416. The molecule has 1 heterocycles. The average Bonchev–Trinajstić information content (AvgIpc) is 2.11. The van der Waals surface area contributed by atoms with Crippen LogP contribution in [0.4, 0.5) is 5.82 Å². The minimum Gasteiger partial charge on any atom is -0.362 e. The molecule has 1 rings (SSSR count). The molecule has 0 aliphatic rings. The van der Waals surface area contributed by atoms with Gasteiger partial charge >= 0.3 is 0 Å². The summed E-state index contributed by atoms with van der Waals surface area (Å²) in [5.74, 6) is 0.803. The van der Waals surface area contributed by atoms with E-state index in [-0.39, 0.29) is 11.6 Å². The molecule has 0 bridgehead atoms. The first-order chi connectivity index (χ1) is 7.00. The Morgan fingerprint density at radius 1 is 1.67 bits per heavy atom. The Morgan fingerprint density at radius 3 is 2.93 bits per heavy atom. The lowest BCUT2D eigenvalue weighted by molar-refractivity contribution is 0.682.